The number of aromatic hydroxyl groups is 1. The molecule has 2 aromatic heterocycles. The number of hydrogen-bond donors (Lipinski definition) is 1. The highest BCUT2D eigenvalue weighted by Crippen LogP contribution is 2.46. The number of rotatable bonds is 9. The minimum Gasteiger partial charge on any atom is -0.507 e. The maximum atomic E-state index is 15.9. The summed E-state index contributed by atoms with van der Waals surface area (Å²) in [5, 5.41) is 19.6. The number of alkyl halides is 1. The number of pyridine rings is 1. The summed E-state index contributed by atoms with van der Waals surface area (Å²) in [5.41, 5.74) is 1.69. The van der Waals surface area contributed by atoms with Crippen molar-refractivity contribution in [3.63, 3.8) is 0 Å². The third-order valence-corrected chi connectivity index (χ3v) is 7.99. The second-order valence-corrected chi connectivity index (χ2v) is 10.7. The van der Waals surface area contributed by atoms with Gasteiger partial charge in [-0.25, -0.2) is 14.4 Å². The van der Waals surface area contributed by atoms with E-state index in [0.29, 0.717) is 28.8 Å². The van der Waals surface area contributed by atoms with Crippen molar-refractivity contribution in [2.45, 2.75) is 77.0 Å². The van der Waals surface area contributed by atoms with Gasteiger partial charge in [-0.15, -0.1) is 10.2 Å². The lowest BCUT2D eigenvalue weighted by atomic mass is 9.69. The Morgan fingerprint density at radius 1 is 1.05 bits per heavy atom. The molecule has 2 fully saturated rings. The van der Waals surface area contributed by atoms with Gasteiger partial charge in [-0.2, -0.15) is 0 Å². The standard InChI is InChI=1S/C29H36FN5O3/c1-5-12-29(2)13-6-7-22(26(29)30)35(20-9-10-20)25-17-31-27(34-33-25)21-11-8-18(14-23(21)36)19-15-24(37-3)28(38-4)32-16-19/h8,11,14-17,20,22,26,36H,5-7,9-10,12-13H2,1-4H3/t22-,26-,29+/m0/s1. The van der Waals surface area contributed by atoms with Crippen molar-refractivity contribution in [3.8, 4) is 39.9 Å². The zero-order valence-corrected chi connectivity index (χ0v) is 22.5. The zero-order chi connectivity index (χ0) is 26.9. The molecule has 1 aromatic carbocycles. The Kier molecular flexibility index (Phi) is 7.36. The van der Waals surface area contributed by atoms with Crippen LogP contribution < -0.4 is 14.4 Å². The van der Waals surface area contributed by atoms with Crippen molar-refractivity contribution in [2.75, 3.05) is 19.1 Å². The van der Waals surface area contributed by atoms with E-state index in [4.69, 9.17) is 9.47 Å². The minimum absolute atomic E-state index is 0.0253. The molecule has 1 N–H and O–H groups in total. The molecule has 3 aromatic rings. The van der Waals surface area contributed by atoms with Crippen LogP contribution in [0.15, 0.2) is 36.7 Å². The Morgan fingerprint density at radius 2 is 1.87 bits per heavy atom. The molecule has 0 aliphatic heterocycles. The number of hydrogen-bond acceptors (Lipinski definition) is 8. The lowest BCUT2D eigenvalue weighted by molar-refractivity contribution is 0.0423. The summed E-state index contributed by atoms with van der Waals surface area (Å²) in [6, 6.07) is 7.12. The van der Waals surface area contributed by atoms with Gasteiger partial charge < -0.3 is 19.5 Å². The fourth-order valence-electron chi connectivity index (χ4n) is 5.86. The second-order valence-electron chi connectivity index (χ2n) is 10.7. The van der Waals surface area contributed by atoms with Crippen LogP contribution in [0.5, 0.6) is 17.4 Å². The summed E-state index contributed by atoms with van der Waals surface area (Å²) in [7, 11) is 3.08. The van der Waals surface area contributed by atoms with Crippen molar-refractivity contribution in [3.05, 3.63) is 36.7 Å². The SMILES string of the molecule is CCC[C@]1(C)CCC[C@H](N(c2cnc(-c3ccc(-c4cnc(OC)c(OC)c4)cc3O)nn2)C2CC2)[C@@H]1F. The number of aromatic nitrogens is 4. The smallest absolute Gasteiger partial charge is 0.256 e. The molecule has 2 aliphatic carbocycles. The highest BCUT2D eigenvalue weighted by atomic mass is 19.1. The van der Waals surface area contributed by atoms with Crippen LogP contribution in [0.25, 0.3) is 22.5 Å². The van der Waals surface area contributed by atoms with Gasteiger partial charge in [0.15, 0.2) is 17.4 Å². The monoisotopic (exact) mass is 521 g/mol. The highest BCUT2D eigenvalue weighted by molar-refractivity contribution is 5.73. The van der Waals surface area contributed by atoms with E-state index in [2.05, 4.69) is 38.9 Å². The van der Waals surface area contributed by atoms with Crippen LogP contribution in [-0.4, -0.2) is 57.7 Å². The molecule has 0 amide bonds. The molecule has 2 heterocycles. The van der Waals surface area contributed by atoms with Crippen LogP contribution in [0.3, 0.4) is 0 Å². The number of methoxy groups -OCH3 is 2. The Hall–Kier alpha value is -3.49. The molecule has 0 unspecified atom stereocenters. The topological polar surface area (TPSA) is 93.5 Å². The van der Waals surface area contributed by atoms with E-state index in [1.807, 2.05) is 6.07 Å². The Labute approximate surface area is 223 Å². The first kappa shape index (κ1) is 26.1. The normalized spacial score (nSPS) is 23.2. The van der Waals surface area contributed by atoms with Crippen molar-refractivity contribution in [1.82, 2.24) is 20.2 Å². The molecule has 2 saturated carbocycles. The molecule has 3 atom stereocenters. The summed E-state index contributed by atoms with van der Waals surface area (Å²) in [6.07, 6.45) is 9.10. The Morgan fingerprint density at radius 3 is 2.50 bits per heavy atom. The molecular formula is C29H36FN5O3. The van der Waals surface area contributed by atoms with Gasteiger partial charge in [0.2, 0.25) is 0 Å². The molecule has 38 heavy (non-hydrogen) atoms. The lowest BCUT2D eigenvalue weighted by Gasteiger charge is -2.46. The second kappa shape index (κ2) is 10.7. The van der Waals surface area contributed by atoms with Crippen LogP contribution in [-0.2, 0) is 0 Å². The van der Waals surface area contributed by atoms with E-state index in [1.54, 1.807) is 37.7 Å². The summed E-state index contributed by atoms with van der Waals surface area (Å²) < 4.78 is 26.5. The first-order chi connectivity index (χ1) is 18.4. The molecule has 0 spiro atoms. The quantitative estimate of drug-likeness (QED) is 0.367. The van der Waals surface area contributed by atoms with Gasteiger partial charge in [0, 0.05) is 23.2 Å². The molecular weight excluding hydrogens is 485 g/mol. The Bertz CT molecular complexity index is 1270. The van der Waals surface area contributed by atoms with Gasteiger partial charge in [-0.05, 0) is 55.9 Å². The molecule has 9 heteroatoms. The number of anilines is 1. The van der Waals surface area contributed by atoms with E-state index >= 15 is 4.39 Å². The highest BCUT2D eigenvalue weighted by Gasteiger charge is 2.48. The predicted molar refractivity (Wildman–Crippen MR) is 144 cm³/mol. The number of ether oxygens (including phenoxy) is 2. The molecule has 2 aliphatic rings. The summed E-state index contributed by atoms with van der Waals surface area (Å²) >= 11 is 0. The number of benzene rings is 1. The van der Waals surface area contributed by atoms with Crippen molar-refractivity contribution in [1.29, 1.82) is 0 Å². The van der Waals surface area contributed by atoms with E-state index in [-0.39, 0.29) is 23.2 Å². The summed E-state index contributed by atoms with van der Waals surface area (Å²) in [6.45, 7) is 4.22. The largest absolute Gasteiger partial charge is 0.507 e. The van der Waals surface area contributed by atoms with Crippen molar-refractivity contribution in [2.24, 2.45) is 5.41 Å². The third kappa shape index (κ3) is 4.98. The lowest BCUT2D eigenvalue weighted by Crippen LogP contribution is -2.52. The summed E-state index contributed by atoms with van der Waals surface area (Å²) in [5.74, 6) is 1.84. The third-order valence-electron chi connectivity index (χ3n) is 7.99. The molecule has 5 rings (SSSR count). The molecule has 0 radical (unpaired) electrons. The van der Waals surface area contributed by atoms with E-state index in [0.717, 1.165) is 56.1 Å². The fraction of sp³-hybridized carbons (Fsp3) is 0.517. The van der Waals surface area contributed by atoms with Gasteiger partial charge >= 0.3 is 0 Å². The number of nitrogens with zero attached hydrogens (tertiary/aromatic N) is 5. The van der Waals surface area contributed by atoms with Crippen molar-refractivity contribution < 1.29 is 19.0 Å². The number of phenolic OH excluding ortho intramolecular Hbond substituents is 1. The van der Waals surface area contributed by atoms with E-state index in [1.165, 1.54) is 7.11 Å². The van der Waals surface area contributed by atoms with Gasteiger partial charge in [0.05, 0.1) is 32.0 Å². The molecule has 8 nitrogen and oxygen atoms in total. The van der Waals surface area contributed by atoms with Gasteiger partial charge in [-0.1, -0.05) is 32.8 Å². The fourth-order valence-corrected chi connectivity index (χ4v) is 5.86. The average Bonchev–Trinajstić information content (AvgIpc) is 3.77. The van der Waals surface area contributed by atoms with Crippen LogP contribution in [0.1, 0.15) is 58.8 Å². The molecule has 202 valence electrons. The average molecular weight is 522 g/mol. The van der Waals surface area contributed by atoms with Crippen LogP contribution in [0.4, 0.5) is 10.2 Å². The number of phenols is 1. The Balaban J connectivity index is 1.39. The molecule has 0 bridgehead atoms. The minimum atomic E-state index is -0.916. The van der Waals surface area contributed by atoms with E-state index in [9.17, 15) is 5.11 Å². The zero-order valence-electron chi connectivity index (χ0n) is 22.5. The van der Waals surface area contributed by atoms with Crippen LogP contribution in [0.2, 0.25) is 0 Å². The van der Waals surface area contributed by atoms with Gasteiger partial charge in [0.1, 0.15) is 11.9 Å². The maximum Gasteiger partial charge on any atom is 0.256 e. The maximum absolute atomic E-state index is 15.9. The molecule has 0 saturated heterocycles. The van der Waals surface area contributed by atoms with Crippen LogP contribution in [0, 0.1) is 5.41 Å². The predicted octanol–water partition coefficient (Wildman–Crippen LogP) is 5.99. The van der Waals surface area contributed by atoms with Gasteiger partial charge in [-0.3, -0.25) is 0 Å². The van der Waals surface area contributed by atoms with Crippen molar-refractivity contribution >= 4 is 5.82 Å². The summed E-state index contributed by atoms with van der Waals surface area (Å²) in [4.78, 5) is 10.9. The number of halogens is 1. The van der Waals surface area contributed by atoms with E-state index < -0.39 is 6.17 Å². The van der Waals surface area contributed by atoms with Gasteiger partial charge in [0.25, 0.3) is 5.88 Å². The first-order valence-electron chi connectivity index (χ1n) is 13.4. The van der Waals surface area contributed by atoms with Crippen LogP contribution >= 0.6 is 0 Å². The first-order valence-corrected chi connectivity index (χ1v) is 13.4.